The zero-order valence-corrected chi connectivity index (χ0v) is 13.8. The van der Waals surface area contributed by atoms with Crippen LogP contribution >= 0.6 is 15.9 Å². The van der Waals surface area contributed by atoms with Crippen LogP contribution in [0.25, 0.3) is 0 Å². The topological polar surface area (TPSA) is 46.2 Å². The molecule has 0 aromatic heterocycles. The second-order valence-electron chi connectivity index (χ2n) is 5.84. The van der Waals surface area contributed by atoms with Gasteiger partial charge in [0.15, 0.2) is 0 Å². The monoisotopic (exact) mass is 357 g/mol. The van der Waals surface area contributed by atoms with Gasteiger partial charge < -0.3 is 0 Å². The van der Waals surface area contributed by atoms with E-state index in [0.717, 1.165) is 32.1 Å². The van der Waals surface area contributed by atoms with E-state index in [1.54, 1.807) is 6.07 Å². The summed E-state index contributed by atoms with van der Waals surface area (Å²) in [6.45, 7) is 0.537. The molecule has 20 heavy (non-hydrogen) atoms. The summed E-state index contributed by atoms with van der Waals surface area (Å²) in [5.74, 6) is 0.416. The average Bonchev–Trinajstić information content (AvgIpc) is 3.04. The Morgan fingerprint density at radius 2 is 1.95 bits per heavy atom. The third kappa shape index (κ3) is 2.95. The van der Waals surface area contributed by atoms with Crippen molar-refractivity contribution in [1.82, 2.24) is 4.72 Å². The largest absolute Gasteiger partial charge is 0.240 e. The Balaban J connectivity index is 1.71. The number of benzene rings is 1. The lowest BCUT2D eigenvalue weighted by atomic mass is 10.1. The fraction of sp³-hybridized carbons (Fsp3) is 0.600. The Hall–Kier alpha value is -0.390. The number of alkyl halides is 1. The van der Waals surface area contributed by atoms with Gasteiger partial charge in [-0.2, -0.15) is 0 Å². The van der Waals surface area contributed by atoms with Crippen LogP contribution in [0.5, 0.6) is 0 Å². The first-order valence-electron chi connectivity index (χ1n) is 7.32. The summed E-state index contributed by atoms with van der Waals surface area (Å²) in [6.07, 6.45) is 6.65. The highest BCUT2D eigenvalue weighted by Gasteiger charge is 2.27. The highest BCUT2D eigenvalue weighted by Crippen LogP contribution is 2.31. The van der Waals surface area contributed by atoms with Crippen LogP contribution in [0.2, 0.25) is 0 Å². The van der Waals surface area contributed by atoms with Gasteiger partial charge in [-0.25, -0.2) is 13.1 Å². The lowest BCUT2D eigenvalue weighted by molar-refractivity contribution is 0.529. The molecule has 0 saturated heterocycles. The summed E-state index contributed by atoms with van der Waals surface area (Å²) in [5.41, 5.74) is 2.51. The van der Waals surface area contributed by atoms with Gasteiger partial charge in [-0.15, -0.1) is 0 Å². The molecule has 1 N–H and O–H groups in total. The van der Waals surface area contributed by atoms with E-state index in [1.807, 2.05) is 12.1 Å². The third-order valence-corrected chi connectivity index (χ3v) is 7.11. The van der Waals surface area contributed by atoms with E-state index in [1.165, 1.54) is 17.5 Å². The van der Waals surface area contributed by atoms with Crippen LogP contribution in [0, 0.1) is 5.92 Å². The molecule has 0 aliphatic heterocycles. The van der Waals surface area contributed by atoms with Gasteiger partial charge in [0.05, 0.1) is 4.90 Å². The minimum Gasteiger partial charge on any atom is -0.211 e. The summed E-state index contributed by atoms with van der Waals surface area (Å²) in [4.78, 5) is 0.868. The molecular weight excluding hydrogens is 338 g/mol. The number of halogens is 1. The number of hydrogen-bond acceptors (Lipinski definition) is 2. The smallest absolute Gasteiger partial charge is 0.211 e. The predicted octanol–water partition coefficient (Wildman–Crippen LogP) is 3.02. The summed E-state index contributed by atoms with van der Waals surface area (Å²) in [5, 5.41) is 0. The van der Waals surface area contributed by atoms with Crippen molar-refractivity contribution in [3.05, 3.63) is 29.3 Å². The zero-order valence-electron chi connectivity index (χ0n) is 11.4. The molecule has 2 atom stereocenters. The highest BCUT2D eigenvalue weighted by atomic mass is 79.9. The van der Waals surface area contributed by atoms with Gasteiger partial charge in [-0.1, -0.05) is 28.4 Å². The number of nitrogens with one attached hydrogen (secondary N) is 1. The molecule has 110 valence electrons. The van der Waals surface area contributed by atoms with E-state index in [4.69, 9.17) is 0 Å². The van der Waals surface area contributed by atoms with Crippen molar-refractivity contribution in [2.75, 3.05) is 6.54 Å². The van der Waals surface area contributed by atoms with E-state index >= 15 is 0 Å². The Bertz CT molecular complexity index is 600. The molecule has 1 fully saturated rings. The maximum atomic E-state index is 12.4. The molecule has 0 spiro atoms. The van der Waals surface area contributed by atoms with Crippen LogP contribution in [0.15, 0.2) is 23.1 Å². The third-order valence-electron chi connectivity index (χ3n) is 4.48. The SMILES string of the molecule is O=S(=O)(NCC1CCCC1Br)c1ccc2c(c1)CCC2. The summed E-state index contributed by atoms with van der Waals surface area (Å²) in [7, 11) is -3.36. The van der Waals surface area contributed by atoms with Crippen LogP contribution in [-0.2, 0) is 22.9 Å². The van der Waals surface area contributed by atoms with Crippen LogP contribution in [0.4, 0.5) is 0 Å². The lowest BCUT2D eigenvalue weighted by Crippen LogP contribution is -2.31. The molecule has 0 heterocycles. The van der Waals surface area contributed by atoms with Crippen LogP contribution in [-0.4, -0.2) is 19.8 Å². The van der Waals surface area contributed by atoms with E-state index in [9.17, 15) is 8.42 Å². The molecule has 2 aliphatic rings. The van der Waals surface area contributed by atoms with E-state index in [-0.39, 0.29) is 0 Å². The Kier molecular flexibility index (Phi) is 4.20. The van der Waals surface area contributed by atoms with Crippen molar-refractivity contribution in [1.29, 1.82) is 0 Å². The second kappa shape index (κ2) is 5.78. The van der Waals surface area contributed by atoms with Crippen molar-refractivity contribution >= 4 is 26.0 Å². The van der Waals surface area contributed by atoms with Crippen LogP contribution < -0.4 is 4.72 Å². The van der Waals surface area contributed by atoms with Gasteiger partial charge in [-0.3, -0.25) is 0 Å². The highest BCUT2D eigenvalue weighted by molar-refractivity contribution is 9.09. The lowest BCUT2D eigenvalue weighted by Gasteiger charge is -2.15. The van der Waals surface area contributed by atoms with Gasteiger partial charge in [0.25, 0.3) is 0 Å². The molecule has 1 aromatic carbocycles. The van der Waals surface area contributed by atoms with Gasteiger partial charge in [0, 0.05) is 11.4 Å². The molecule has 0 amide bonds. The van der Waals surface area contributed by atoms with Crippen molar-refractivity contribution in [3.63, 3.8) is 0 Å². The van der Waals surface area contributed by atoms with Crippen LogP contribution in [0.1, 0.15) is 36.8 Å². The Morgan fingerprint density at radius 3 is 2.70 bits per heavy atom. The fourth-order valence-electron chi connectivity index (χ4n) is 3.24. The van der Waals surface area contributed by atoms with E-state index in [0.29, 0.717) is 22.2 Å². The van der Waals surface area contributed by atoms with Crippen molar-refractivity contribution in [2.24, 2.45) is 5.92 Å². The first-order chi connectivity index (χ1) is 9.56. The first kappa shape index (κ1) is 14.5. The van der Waals surface area contributed by atoms with Gasteiger partial charge in [0.1, 0.15) is 0 Å². The minimum absolute atomic E-state index is 0.416. The maximum Gasteiger partial charge on any atom is 0.240 e. The number of fused-ring (bicyclic) bond motifs is 1. The zero-order chi connectivity index (χ0) is 14.2. The normalized spacial score (nSPS) is 25.9. The summed E-state index contributed by atoms with van der Waals surface area (Å²) >= 11 is 3.63. The number of aryl methyl sites for hydroxylation is 2. The summed E-state index contributed by atoms with van der Waals surface area (Å²) < 4.78 is 27.5. The van der Waals surface area contributed by atoms with Crippen molar-refractivity contribution in [3.8, 4) is 0 Å². The number of sulfonamides is 1. The minimum atomic E-state index is -3.36. The fourth-order valence-corrected chi connectivity index (χ4v) is 5.16. The van der Waals surface area contributed by atoms with Gasteiger partial charge >= 0.3 is 0 Å². The molecule has 3 rings (SSSR count). The molecule has 2 aliphatic carbocycles. The molecule has 0 bridgehead atoms. The van der Waals surface area contributed by atoms with Crippen molar-refractivity contribution in [2.45, 2.75) is 48.2 Å². The molecule has 3 nitrogen and oxygen atoms in total. The maximum absolute atomic E-state index is 12.4. The number of hydrogen-bond donors (Lipinski definition) is 1. The predicted molar refractivity (Wildman–Crippen MR) is 83.7 cm³/mol. The number of rotatable bonds is 4. The van der Waals surface area contributed by atoms with Gasteiger partial charge in [0.2, 0.25) is 10.0 Å². The molecule has 0 radical (unpaired) electrons. The second-order valence-corrected chi connectivity index (χ2v) is 8.79. The van der Waals surface area contributed by atoms with E-state index < -0.39 is 10.0 Å². The molecule has 5 heteroatoms. The van der Waals surface area contributed by atoms with Crippen LogP contribution in [0.3, 0.4) is 0 Å². The standard InChI is InChI=1S/C15H20BrNO2S/c16-15-6-2-5-13(15)10-17-20(18,19)14-8-7-11-3-1-4-12(11)9-14/h7-9,13,15,17H,1-6,10H2. The molecular formula is C15H20BrNO2S. The Labute approximate surface area is 129 Å². The molecule has 1 saturated carbocycles. The first-order valence-corrected chi connectivity index (χ1v) is 9.72. The van der Waals surface area contributed by atoms with Crippen molar-refractivity contribution < 1.29 is 8.42 Å². The van der Waals surface area contributed by atoms with E-state index in [2.05, 4.69) is 20.7 Å². The molecule has 2 unspecified atom stereocenters. The average molecular weight is 358 g/mol. The molecule has 1 aromatic rings. The van der Waals surface area contributed by atoms with Gasteiger partial charge in [-0.05, 0) is 61.3 Å². The quantitative estimate of drug-likeness (QED) is 0.841. The Morgan fingerprint density at radius 1 is 1.15 bits per heavy atom. The summed E-state index contributed by atoms with van der Waals surface area (Å²) in [6, 6.07) is 5.57.